The minimum absolute atomic E-state index is 0.0162. The van der Waals surface area contributed by atoms with Crippen molar-refractivity contribution >= 4 is 0 Å². The van der Waals surface area contributed by atoms with Gasteiger partial charge in [0.25, 0.3) is 0 Å². The van der Waals surface area contributed by atoms with E-state index in [1.165, 1.54) is 16.7 Å². The average molecular weight is 377 g/mol. The minimum atomic E-state index is 0.0162. The molecule has 1 aliphatic rings. The van der Waals surface area contributed by atoms with Crippen LogP contribution in [0.25, 0.3) is 0 Å². The number of nitrogens with zero attached hydrogens (tertiary/aromatic N) is 4. The number of aryl methyl sites for hydroxylation is 3. The van der Waals surface area contributed by atoms with Crippen molar-refractivity contribution in [1.29, 1.82) is 0 Å². The number of pyridine rings is 1. The molecule has 4 rings (SSSR count). The van der Waals surface area contributed by atoms with Crippen LogP contribution in [0.1, 0.15) is 39.9 Å². The van der Waals surface area contributed by atoms with Crippen molar-refractivity contribution in [2.24, 2.45) is 7.05 Å². The maximum Gasteiger partial charge on any atom is 0.112 e. The Morgan fingerprint density at radius 2 is 1.93 bits per heavy atom. The predicted octanol–water partition coefficient (Wildman–Crippen LogP) is 3.60. The van der Waals surface area contributed by atoms with Crippen LogP contribution in [-0.4, -0.2) is 39.4 Å². The lowest BCUT2D eigenvalue weighted by molar-refractivity contribution is -0.0351. The zero-order valence-electron chi connectivity index (χ0n) is 16.9. The quantitative estimate of drug-likeness (QED) is 0.682. The third-order valence-corrected chi connectivity index (χ3v) is 5.45. The molecule has 0 saturated carbocycles. The Kier molecular flexibility index (Phi) is 5.55. The van der Waals surface area contributed by atoms with Crippen LogP contribution < -0.4 is 0 Å². The molecular formula is C23H28N4O. The number of morpholine rings is 1. The molecule has 28 heavy (non-hydrogen) atoms. The van der Waals surface area contributed by atoms with E-state index in [0.29, 0.717) is 0 Å². The van der Waals surface area contributed by atoms with Crippen LogP contribution in [0.4, 0.5) is 0 Å². The first-order valence-corrected chi connectivity index (χ1v) is 9.92. The Hall–Kier alpha value is -2.50. The summed E-state index contributed by atoms with van der Waals surface area (Å²) < 4.78 is 7.96. The summed E-state index contributed by atoms with van der Waals surface area (Å²) in [6.07, 6.45) is 2.98. The molecule has 146 valence electrons. The van der Waals surface area contributed by atoms with E-state index in [1.807, 2.05) is 11.7 Å². The zero-order valence-corrected chi connectivity index (χ0v) is 16.9. The lowest BCUT2D eigenvalue weighted by Crippen LogP contribution is -2.38. The average Bonchev–Trinajstić information content (AvgIpc) is 3.01. The molecule has 1 atom stereocenters. The Morgan fingerprint density at radius 3 is 2.71 bits per heavy atom. The van der Waals surface area contributed by atoms with Crippen LogP contribution >= 0.6 is 0 Å². The van der Waals surface area contributed by atoms with Crippen molar-refractivity contribution in [3.05, 3.63) is 82.4 Å². The summed E-state index contributed by atoms with van der Waals surface area (Å²) in [5, 5.41) is 4.46. The van der Waals surface area contributed by atoms with E-state index in [-0.39, 0.29) is 6.10 Å². The summed E-state index contributed by atoms with van der Waals surface area (Å²) in [5.74, 6) is 0. The second kappa shape index (κ2) is 8.25. The molecule has 1 aromatic carbocycles. The van der Waals surface area contributed by atoms with E-state index in [4.69, 9.17) is 9.72 Å². The third-order valence-electron chi connectivity index (χ3n) is 5.45. The molecule has 0 spiro atoms. The molecule has 3 aromatic rings. The predicted molar refractivity (Wildman–Crippen MR) is 110 cm³/mol. The Bertz CT molecular complexity index is 949. The maximum atomic E-state index is 6.07. The minimum Gasteiger partial charge on any atom is -0.369 e. The van der Waals surface area contributed by atoms with E-state index in [0.717, 1.165) is 49.7 Å². The highest BCUT2D eigenvalue weighted by molar-refractivity contribution is 5.30. The number of ether oxygens (including phenoxy) is 1. The molecule has 5 heteroatoms. The van der Waals surface area contributed by atoms with Gasteiger partial charge < -0.3 is 4.74 Å². The fourth-order valence-electron chi connectivity index (χ4n) is 3.85. The first-order valence-electron chi connectivity index (χ1n) is 9.92. The van der Waals surface area contributed by atoms with Crippen LogP contribution in [0.3, 0.4) is 0 Å². The highest BCUT2D eigenvalue weighted by Crippen LogP contribution is 2.23. The molecule has 0 amide bonds. The summed E-state index contributed by atoms with van der Waals surface area (Å²) >= 11 is 0. The first kappa shape index (κ1) is 18.8. The normalized spacial score (nSPS) is 17.8. The third kappa shape index (κ3) is 4.32. The van der Waals surface area contributed by atoms with E-state index in [9.17, 15) is 0 Å². The van der Waals surface area contributed by atoms with Gasteiger partial charge in [-0.15, -0.1) is 0 Å². The van der Waals surface area contributed by atoms with Gasteiger partial charge in [-0.2, -0.15) is 5.10 Å². The van der Waals surface area contributed by atoms with Gasteiger partial charge >= 0.3 is 0 Å². The molecule has 0 aliphatic carbocycles. The molecule has 0 bridgehead atoms. The fourth-order valence-corrected chi connectivity index (χ4v) is 3.85. The van der Waals surface area contributed by atoms with Crippen molar-refractivity contribution in [3.8, 4) is 0 Å². The van der Waals surface area contributed by atoms with Gasteiger partial charge in [0.2, 0.25) is 0 Å². The second-order valence-corrected chi connectivity index (χ2v) is 7.67. The molecule has 3 heterocycles. The van der Waals surface area contributed by atoms with Gasteiger partial charge in [0.15, 0.2) is 0 Å². The number of hydrogen-bond donors (Lipinski definition) is 0. The molecule has 0 N–H and O–H groups in total. The second-order valence-electron chi connectivity index (χ2n) is 7.67. The van der Waals surface area contributed by atoms with Gasteiger partial charge in [-0.25, -0.2) is 0 Å². The zero-order chi connectivity index (χ0) is 19.5. The number of aromatic nitrogens is 3. The van der Waals surface area contributed by atoms with Crippen molar-refractivity contribution in [2.45, 2.75) is 32.9 Å². The number of benzene rings is 1. The SMILES string of the molecule is Cc1ccccc1Cc1cccc(C2CN(Cc3cn(C)nc3C)CCO2)n1. The van der Waals surface area contributed by atoms with Crippen LogP contribution in [0, 0.1) is 13.8 Å². The molecule has 1 aliphatic heterocycles. The van der Waals surface area contributed by atoms with Crippen LogP contribution in [0.5, 0.6) is 0 Å². The number of hydrogen-bond acceptors (Lipinski definition) is 4. The molecule has 1 saturated heterocycles. The van der Waals surface area contributed by atoms with E-state index in [2.05, 4.69) is 72.5 Å². The highest BCUT2D eigenvalue weighted by atomic mass is 16.5. The van der Waals surface area contributed by atoms with Gasteiger partial charge in [-0.1, -0.05) is 30.3 Å². The summed E-state index contributed by atoms with van der Waals surface area (Å²) in [6, 6.07) is 14.8. The monoisotopic (exact) mass is 376 g/mol. The smallest absolute Gasteiger partial charge is 0.112 e. The Labute approximate surface area is 167 Å². The van der Waals surface area contributed by atoms with E-state index < -0.39 is 0 Å². The molecule has 0 radical (unpaired) electrons. The van der Waals surface area contributed by atoms with Crippen molar-refractivity contribution in [1.82, 2.24) is 19.7 Å². The van der Waals surface area contributed by atoms with Crippen LogP contribution in [-0.2, 0) is 24.8 Å². The number of rotatable bonds is 5. The van der Waals surface area contributed by atoms with Crippen molar-refractivity contribution in [3.63, 3.8) is 0 Å². The highest BCUT2D eigenvalue weighted by Gasteiger charge is 2.24. The van der Waals surface area contributed by atoms with Gasteiger partial charge in [0, 0.05) is 50.6 Å². The molecule has 2 aromatic heterocycles. The largest absolute Gasteiger partial charge is 0.369 e. The lowest BCUT2D eigenvalue weighted by atomic mass is 10.0. The van der Waals surface area contributed by atoms with E-state index in [1.54, 1.807) is 0 Å². The summed E-state index contributed by atoms with van der Waals surface area (Å²) in [6.45, 7) is 7.66. The molecule has 1 fully saturated rings. The maximum absolute atomic E-state index is 6.07. The Balaban J connectivity index is 1.46. The summed E-state index contributed by atoms with van der Waals surface area (Å²) in [4.78, 5) is 7.37. The summed E-state index contributed by atoms with van der Waals surface area (Å²) in [7, 11) is 1.97. The molecular weight excluding hydrogens is 348 g/mol. The summed E-state index contributed by atoms with van der Waals surface area (Å²) in [5.41, 5.74) is 7.13. The van der Waals surface area contributed by atoms with Crippen LogP contribution in [0.2, 0.25) is 0 Å². The fraction of sp³-hybridized carbons (Fsp3) is 0.391. The lowest BCUT2D eigenvalue weighted by Gasteiger charge is -2.32. The van der Waals surface area contributed by atoms with Gasteiger partial charge in [-0.3, -0.25) is 14.6 Å². The van der Waals surface area contributed by atoms with Crippen molar-refractivity contribution in [2.75, 3.05) is 19.7 Å². The van der Waals surface area contributed by atoms with Crippen LogP contribution in [0.15, 0.2) is 48.7 Å². The first-order chi connectivity index (χ1) is 13.6. The van der Waals surface area contributed by atoms with Crippen molar-refractivity contribution < 1.29 is 4.74 Å². The van der Waals surface area contributed by atoms with Gasteiger partial charge in [-0.05, 0) is 37.1 Å². The Morgan fingerprint density at radius 1 is 1.07 bits per heavy atom. The van der Waals surface area contributed by atoms with Gasteiger partial charge in [0.05, 0.1) is 18.0 Å². The molecule has 5 nitrogen and oxygen atoms in total. The molecule has 1 unspecified atom stereocenters. The standard InChI is InChI=1S/C23H28N4O/c1-17-7-4-5-8-19(17)13-21-9-6-10-22(24-21)23-16-27(11-12-28-23)15-20-14-26(3)25-18(20)2/h4-10,14,23H,11-13,15-16H2,1-3H3. The van der Waals surface area contributed by atoms with Gasteiger partial charge in [0.1, 0.15) is 6.10 Å². The topological polar surface area (TPSA) is 43.2 Å². The van der Waals surface area contributed by atoms with E-state index >= 15 is 0 Å².